The number of rotatable bonds is 11. The third kappa shape index (κ3) is 5.85. The molecule has 0 aliphatic heterocycles. The lowest BCUT2D eigenvalue weighted by Gasteiger charge is -2.37. The number of carbonyl (C=O) groups is 2. The molecule has 1 unspecified atom stereocenters. The third-order valence-electron chi connectivity index (χ3n) is 3.74. The van der Waals surface area contributed by atoms with Crippen molar-refractivity contribution < 1.29 is 23.8 Å². The zero-order valence-corrected chi connectivity index (χ0v) is 14.8. The van der Waals surface area contributed by atoms with Crippen LogP contribution in [0, 0.1) is 5.41 Å². The van der Waals surface area contributed by atoms with Crippen LogP contribution in [0.2, 0.25) is 0 Å². The summed E-state index contributed by atoms with van der Waals surface area (Å²) >= 11 is 0. The molecule has 5 heteroatoms. The number of hydrogen-bond acceptors (Lipinski definition) is 5. The van der Waals surface area contributed by atoms with Gasteiger partial charge in [-0.2, -0.15) is 0 Å². The maximum absolute atomic E-state index is 12.6. The molecule has 5 nitrogen and oxygen atoms in total. The molecular weight excluding hydrogens is 284 g/mol. The van der Waals surface area contributed by atoms with E-state index in [4.69, 9.17) is 14.2 Å². The first kappa shape index (κ1) is 20.7. The van der Waals surface area contributed by atoms with Gasteiger partial charge in [0.05, 0.1) is 13.2 Å². The van der Waals surface area contributed by atoms with Gasteiger partial charge in [0.25, 0.3) is 0 Å². The van der Waals surface area contributed by atoms with Crippen LogP contribution >= 0.6 is 0 Å². The smallest absolute Gasteiger partial charge is 0.465 e. The summed E-state index contributed by atoms with van der Waals surface area (Å²) in [6.07, 6.45) is 3.16. The van der Waals surface area contributed by atoms with Crippen molar-refractivity contribution in [3.8, 4) is 0 Å². The molecule has 0 rings (SSSR count). The maximum Gasteiger partial charge on any atom is 0.508 e. The van der Waals surface area contributed by atoms with Crippen molar-refractivity contribution in [2.45, 2.75) is 79.2 Å². The van der Waals surface area contributed by atoms with Gasteiger partial charge in [-0.25, -0.2) is 4.79 Å². The number of esters is 1. The van der Waals surface area contributed by atoms with Crippen molar-refractivity contribution in [1.29, 1.82) is 0 Å². The van der Waals surface area contributed by atoms with Crippen molar-refractivity contribution in [1.82, 2.24) is 0 Å². The Morgan fingerprint density at radius 1 is 0.864 bits per heavy atom. The molecule has 0 saturated carbocycles. The zero-order chi connectivity index (χ0) is 17.0. The predicted octanol–water partition coefficient (Wildman–Crippen LogP) is 4.48. The Morgan fingerprint density at radius 3 is 1.82 bits per heavy atom. The minimum Gasteiger partial charge on any atom is -0.465 e. The molecule has 0 amide bonds. The molecule has 0 heterocycles. The summed E-state index contributed by atoms with van der Waals surface area (Å²) in [6, 6.07) is 0. The summed E-state index contributed by atoms with van der Waals surface area (Å²) in [6.45, 7) is 10.2. The molecule has 0 aromatic carbocycles. The van der Waals surface area contributed by atoms with E-state index in [2.05, 4.69) is 0 Å². The van der Waals surface area contributed by atoms with Crippen molar-refractivity contribution in [2.24, 2.45) is 5.41 Å². The molecule has 0 aromatic heterocycles. The number of ether oxygens (including phenoxy) is 3. The average Bonchev–Trinajstić information content (AvgIpc) is 2.47. The van der Waals surface area contributed by atoms with E-state index in [9.17, 15) is 9.59 Å². The van der Waals surface area contributed by atoms with E-state index in [1.807, 2.05) is 20.8 Å². The van der Waals surface area contributed by atoms with Gasteiger partial charge in [-0.3, -0.25) is 4.79 Å². The molecule has 0 spiro atoms. The van der Waals surface area contributed by atoms with Gasteiger partial charge in [0.2, 0.25) is 0 Å². The molecule has 0 aromatic rings. The zero-order valence-electron chi connectivity index (χ0n) is 14.8. The molecule has 0 radical (unpaired) electrons. The first-order valence-electron chi connectivity index (χ1n) is 8.52. The molecule has 0 fully saturated rings. The van der Waals surface area contributed by atoms with Crippen molar-refractivity contribution in [3.63, 3.8) is 0 Å². The second-order valence-electron chi connectivity index (χ2n) is 5.45. The second kappa shape index (κ2) is 11.3. The highest BCUT2D eigenvalue weighted by molar-refractivity contribution is 5.78. The van der Waals surface area contributed by atoms with E-state index in [-0.39, 0.29) is 12.6 Å². The predicted molar refractivity (Wildman–Crippen MR) is 85.7 cm³/mol. The standard InChI is InChI=1S/C17H32O5/c1-6-11-14(22-16(19)21-10-5)17(12-7-2,13-8-3)15(18)20-9-4/h14H,6-13H2,1-5H3. The normalized spacial score (nSPS) is 12.6. The Hall–Kier alpha value is -1.26. The summed E-state index contributed by atoms with van der Waals surface area (Å²) in [7, 11) is 0. The van der Waals surface area contributed by atoms with Gasteiger partial charge >= 0.3 is 12.1 Å². The molecule has 22 heavy (non-hydrogen) atoms. The number of hydrogen-bond donors (Lipinski definition) is 0. The van der Waals surface area contributed by atoms with Crippen LogP contribution in [0.4, 0.5) is 4.79 Å². The summed E-state index contributed by atoms with van der Waals surface area (Å²) in [5.41, 5.74) is -0.776. The Bertz CT molecular complexity index is 321. The van der Waals surface area contributed by atoms with Crippen molar-refractivity contribution >= 4 is 12.1 Å². The van der Waals surface area contributed by atoms with Crippen LogP contribution in [0.1, 0.15) is 73.1 Å². The van der Waals surface area contributed by atoms with Crippen LogP contribution in [-0.2, 0) is 19.0 Å². The fraction of sp³-hybridized carbons (Fsp3) is 0.882. The lowest BCUT2D eigenvalue weighted by Crippen LogP contribution is -2.46. The van der Waals surface area contributed by atoms with Crippen LogP contribution < -0.4 is 0 Å². The molecule has 0 aliphatic carbocycles. The van der Waals surface area contributed by atoms with Crippen LogP contribution in [0.25, 0.3) is 0 Å². The maximum atomic E-state index is 12.6. The van der Waals surface area contributed by atoms with Gasteiger partial charge < -0.3 is 14.2 Å². The second-order valence-corrected chi connectivity index (χ2v) is 5.45. The molecule has 1 atom stereocenters. The van der Waals surface area contributed by atoms with Crippen molar-refractivity contribution in [3.05, 3.63) is 0 Å². The highest BCUT2D eigenvalue weighted by Crippen LogP contribution is 2.39. The Morgan fingerprint density at radius 2 is 1.41 bits per heavy atom. The minimum atomic E-state index is -0.776. The Labute approximate surface area is 134 Å². The molecule has 130 valence electrons. The molecule has 0 aliphatic rings. The SMILES string of the molecule is CCCC(OC(=O)OCC)C(CCC)(CCC)C(=O)OCC. The quantitative estimate of drug-likeness (QED) is 0.526. The van der Waals surface area contributed by atoms with E-state index in [1.165, 1.54) is 0 Å². The first-order chi connectivity index (χ1) is 10.5. The van der Waals surface area contributed by atoms with Crippen LogP contribution in [-0.4, -0.2) is 31.4 Å². The largest absolute Gasteiger partial charge is 0.508 e. The summed E-state index contributed by atoms with van der Waals surface area (Å²) in [5, 5.41) is 0. The fourth-order valence-electron chi connectivity index (χ4n) is 2.93. The summed E-state index contributed by atoms with van der Waals surface area (Å²) in [5.74, 6) is -0.263. The van der Waals surface area contributed by atoms with Crippen LogP contribution in [0.3, 0.4) is 0 Å². The van der Waals surface area contributed by atoms with Gasteiger partial charge in [0.1, 0.15) is 11.5 Å². The minimum absolute atomic E-state index is 0.256. The highest BCUT2D eigenvalue weighted by atomic mass is 16.7. The Kier molecular flexibility index (Phi) is 10.7. The third-order valence-corrected chi connectivity index (χ3v) is 3.74. The van der Waals surface area contributed by atoms with Gasteiger partial charge in [0.15, 0.2) is 0 Å². The molecule has 0 N–H and O–H groups in total. The summed E-state index contributed by atoms with van der Waals surface area (Å²) < 4.78 is 15.7. The molecular formula is C17H32O5. The lowest BCUT2D eigenvalue weighted by atomic mass is 9.73. The van der Waals surface area contributed by atoms with E-state index in [0.717, 1.165) is 19.3 Å². The van der Waals surface area contributed by atoms with Crippen LogP contribution in [0.5, 0.6) is 0 Å². The van der Waals surface area contributed by atoms with E-state index in [1.54, 1.807) is 13.8 Å². The molecule has 0 saturated heterocycles. The van der Waals surface area contributed by atoms with E-state index in [0.29, 0.717) is 25.9 Å². The van der Waals surface area contributed by atoms with E-state index < -0.39 is 17.7 Å². The fourth-order valence-corrected chi connectivity index (χ4v) is 2.93. The van der Waals surface area contributed by atoms with Gasteiger partial charge in [-0.05, 0) is 33.1 Å². The van der Waals surface area contributed by atoms with Gasteiger partial charge in [-0.15, -0.1) is 0 Å². The van der Waals surface area contributed by atoms with Gasteiger partial charge in [-0.1, -0.05) is 40.0 Å². The summed E-state index contributed by atoms with van der Waals surface area (Å²) in [4.78, 5) is 24.4. The topological polar surface area (TPSA) is 61.8 Å². The average molecular weight is 316 g/mol. The highest BCUT2D eigenvalue weighted by Gasteiger charge is 2.47. The van der Waals surface area contributed by atoms with Gasteiger partial charge in [0, 0.05) is 0 Å². The molecule has 0 bridgehead atoms. The first-order valence-corrected chi connectivity index (χ1v) is 8.52. The van der Waals surface area contributed by atoms with E-state index >= 15 is 0 Å². The Balaban J connectivity index is 5.48. The number of carbonyl (C=O) groups excluding carboxylic acids is 2. The monoisotopic (exact) mass is 316 g/mol. The van der Waals surface area contributed by atoms with Crippen molar-refractivity contribution in [2.75, 3.05) is 13.2 Å². The lowest BCUT2D eigenvalue weighted by molar-refractivity contribution is -0.166. The van der Waals surface area contributed by atoms with Crippen LogP contribution in [0.15, 0.2) is 0 Å².